The number of carbonyl (C=O) groups excluding carboxylic acids is 1. The van der Waals surface area contributed by atoms with Gasteiger partial charge in [0.15, 0.2) is 5.78 Å². The molecule has 1 aromatic rings. The molecule has 0 saturated heterocycles. The molecule has 1 unspecified atom stereocenters. The van der Waals surface area contributed by atoms with Gasteiger partial charge in [-0.3, -0.25) is 9.48 Å². The molecule has 0 amide bonds. The van der Waals surface area contributed by atoms with Crippen LogP contribution in [0.4, 0.5) is 0 Å². The number of hydrogen-bond acceptors (Lipinski definition) is 3. The molecule has 1 aromatic heterocycles. The molecule has 84 valence electrons. The molecule has 4 heteroatoms. The van der Waals surface area contributed by atoms with Crippen LogP contribution in [0.5, 0.6) is 0 Å². The second-order valence-corrected chi connectivity index (χ2v) is 3.76. The minimum atomic E-state index is -0.0926. The van der Waals surface area contributed by atoms with Gasteiger partial charge in [-0.2, -0.15) is 5.10 Å². The SMILES string of the molecule is CCc1cc(CC(=O)C(C)NC)n(C)n1. The van der Waals surface area contributed by atoms with Crippen molar-refractivity contribution in [3.63, 3.8) is 0 Å². The number of rotatable bonds is 5. The van der Waals surface area contributed by atoms with E-state index in [0.717, 1.165) is 17.8 Å². The lowest BCUT2D eigenvalue weighted by molar-refractivity contribution is -0.120. The van der Waals surface area contributed by atoms with Crippen LogP contribution in [-0.2, 0) is 24.7 Å². The molecule has 0 aliphatic rings. The molecule has 1 atom stereocenters. The maximum Gasteiger partial charge on any atom is 0.155 e. The third kappa shape index (κ3) is 2.89. The molecule has 1 heterocycles. The first-order chi connectivity index (χ1) is 7.08. The number of hydrogen-bond donors (Lipinski definition) is 1. The molecule has 4 nitrogen and oxygen atoms in total. The lowest BCUT2D eigenvalue weighted by atomic mass is 10.1. The molecular weight excluding hydrogens is 190 g/mol. The normalized spacial score (nSPS) is 12.8. The summed E-state index contributed by atoms with van der Waals surface area (Å²) in [5.74, 6) is 0.197. The Bertz CT molecular complexity index is 344. The zero-order valence-corrected chi connectivity index (χ0v) is 9.87. The Balaban J connectivity index is 2.71. The highest BCUT2D eigenvalue weighted by Crippen LogP contribution is 2.06. The van der Waals surface area contributed by atoms with Crippen molar-refractivity contribution in [2.24, 2.45) is 7.05 Å². The van der Waals surface area contributed by atoms with Crippen LogP contribution in [0.15, 0.2) is 6.07 Å². The molecule has 0 fully saturated rings. The average Bonchev–Trinajstić information content (AvgIpc) is 2.58. The Kier molecular flexibility index (Phi) is 4.03. The van der Waals surface area contributed by atoms with E-state index in [-0.39, 0.29) is 11.8 Å². The van der Waals surface area contributed by atoms with Crippen LogP contribution in [0.25, 0.3) is 0 Å². The monoisotopic (exact) mass is 209 g/mol. The Hall–Kier alpha value is -1.16. The Morgan fingerprint density at radius 1 is 1.67 bits per heavy atom. The highest BCUT2D eigenvalue weighted by molar-refractivity contribution is 5.85. The van der Waals surface area contributed by atoms with Gasteiger partial charge in [0.25, 0.3) is 0 Å². The summed E-state index contributed by atoms with van der Waals surface area (Å²) in [7, 11) is 3.68. The number of carbonyl (C=O) groups is 1. The minimum absolute atomic E-state index is 0.0926. The number of Topliss-reactive ketones (excluding diaryl/α,β-unsaturated/α-hetero) is 1. The van der Waals surface area contributed by atoms with Crippen LogP contribution in [0.3, 0.4) is 0 Å². The predicted octanol–water partition coefficient (Wildman–Crippen LogP) is 0.702. The zero-order chi connectivity index (χ0) is 11.4. The summed E-state index contributed by atoms with van der Waals surface area (Å²) in [4.78, 5) is 11.7. The topological polar surface area (TPSA) is 46.9 Å². The van der Waals surface area contributed by atoms with E-state index in [2.05, 4.69) is 17.3 Å². The third-order valence-electron chi connectivity index (χ3n) is 2.66. The minimum Gasteiger partial charge on any atom is -0.311 e. The van der Waals surface area contributed by atoms with Gasteiger partial charge in [0.2, 0.25) is 0 Å². The van der Waals surface area contributed by atoms with Gasteiger partial charge in [-0.25, -0.2) is 0 Å². The van der Waals surface area contributed by atoms with Crippen molar-refractivity contribution >= 4 is 5.78 Å². The number of nitrogens with one attached hydrogen (secondary N) is 1. The molecule has 0 aromatic carbocycles. The number of aryl methyl sites for hydroxylation is 2. The van der Waals surface area contributed by atoms with Gasteiger partial charge in [0.1, 0.15) is 0 Å². The van der Waals surface area contributed by atoms with Crippen molar-refractivity contribution < 1.29 is 4.79 Å². The molecule has 0 spiro atoms. The second-order valence-electron chi connectivity index (χ2n) is 3.76. The van der Waals surface area contributed by atoms with E-state index in [0.29, 0.717) is 6.42 Å². The molecule has 1 rings (SSSR count). The summed E-state index contributed by atoms with van der Waals surface area (Å²) >= 11 is 0. The van der Waals surface area contributed by atoms with Crippen molar-refractivity contribution in [2.45, 2.75) is 32.7 Å². The molecular formula is C11H19N3O. The third-order valence-corrected chi connectivity index (χ3v) is 2.66. The van der Waals surface area contributed by atoms with Gasteiger partial charge in [-0.15, -0.1) is 0 Å². The molecule has 0 bridgehead atoms. The predicted molar refractivity (Wildman–Crippen MR) is 59.8 cm³/mol. The van der Waals surface area contributed by atoms with Gasteiger partial charge in [0.05, 0.1) is 11.7 Å². The van der Waals surface area contributed by atoms with E-state index in [4.69, 9.17) is 0 Å². The van der Waals surface area contributed by atoms with Gasteiger partial charge in [-0.05, 0) is 26.5 Å². The van der Waals surface area contributed by atoms with Crippen molar-refractivity contribution in [1.29, 1.82) is 0 Å². The van der Waals surface area contributed by atoms with Crippen molar-refractivity contribution in [3.8, 4) is 0 Å². The fourth-order valence-electron chi connectivity index (χ4n) is 1.40. The Morgan fingerprint density at radius 3 is 2.80 bits per heavy atom. The van der Waals surface area contributed by atoms with Crippen LogP contribution in [0.2, 0.25) is 0 Å². The Labute approximate surface area is 90.7 Å². The first-order valence-corrected chi connectivity index (χ1v) is 5.30. The maximum absolute atomic E-state index is 11.7. The summed E-state index contributed by atoms with van der Waals surface area (Å²) in [6.45, 7) is 3.93. The first kappa shape index (κ1) is 11.9. The molecule has 0 aliphatic carbocycles. The summed E-state index contributed by atoms with van der Waals surface area (Å²) in [6.07, 6.45) is 1.36. The van der Waals surface area contributed by atoms with Crippen LogP contribution in [-0.4, -0.2) is 28.7 Å². The number of ketones is 1. The van der Waals surface area contributed by atoms with E-state index in [1.165, 1.54) is 0 Å². The highest BCUT2D eigenvalue weighted by Gasteiger charge is 2.13. The quantitative estimate of drug-likeness (QED) is 0.776. The smallest absolute Gasteiger partial charge is 0.155 e. The van der Waals surface area contributed by atoms with Crippen molar-refractivity contribution in [2.75, 3.05) is 7.05 Å². The lowest BCUT2D eigenvalue weighted by Crippen LogP contribution is -2.32. The summed E-state index contributed by atoms with van der Waals surface area (Å²) in [5.41, 5.74) is 2.02. The average molecular weight is 209 g/mol. The molecule has 1 N–H and O–H groups in total. The Morgan fingerprint density at radius 2 is 2.33 bits per heavy atom. The fourth-order valence-corrected chi connectivity index (χ4v) is 1.40. The molecule has 0 radical (unpaired) electrons. The standard InChI is InChI=1S/C11H19N3O/c1-5-9-6-10(14(4)13-9)7-11(15)8(2)12-3/h6,8,12H,5,7H2,1-4H3. The van der Waals surface area contributed by atoms with E-state index in [9.17, 15) is 4.79 Å². The summed E-state index contributed by atoms with van der Waals surface area (Å²) in [6, 6.07) is 1.91. The molecule has 0 saturated carbocycles. The molecule has 15 heavy (non-hydrogen) atoms. The van der Waals surface area contributed by atoms with E-state index < -0.39 is 0 Å². The second kappa shape index (κ2) is 5.07. The van der Waals surface area contributed by atoms with E-state index in [1.807, 2.05) is 20.0 Å². The van der Waals surface area contributed by atoms with Crippen LogP contribution < -0.4 is 5.32 Å². The van der Waals surface area contributed by atoms with Crippen LogP contribution in [0, 0.1) is 0 Å². The fraction of sp³-hybridized carbons (Fsp3) is 0.636. The molecule has 0 aliphatic heterocycles. The van der Waals surface area contributed by atoms with Crippen molar-refractivity contribution in [1.82, 2.24) is 15.1 Å². The van der Waals surface area contributed by atoms with E-state index in [1.54, 1.807) is 11.7 Å². The highest BCUT2D eigenvalue weighted by atomic mass is 16.1. The first-order valence-electron chi connectivity index (χ1n) is 5.30. The van der Waals surface area contributed by atoms with Gasteiger partial charge >= 0.3 is 0 Å². The van der Waals surface area contributed by atoms with Gasteiger partial charge in [0, 0.05) is 19.2 Å². The lowest BCUT2D eigenvalue weighted by Gasteiger charge is -2.08. The van der Waals surface area contributed by atoms with Crippen molar-refractivity contribution in [3.05, 3.63) is 17.5 Å². The zero-order valence-electron chi connectivity index (χ0n) is 9.87. The van der Waals surface area contributed by atoms with Gasteiger partial charge in [-0.1, -0.05) is 6.92 Å². The van der Waals surface area contributed by atoms with Crippen LogP contribution in [0.1, 0.15) is 25.2 Å². The number of likely N-dealkylation sites (N-methyl/N-ethyl adjacent to an activating group) is 1. The largest absolute Gasteiger partial charge is 0.311 e. The summed E-state index contributed by atoms with van der Waals surface area (Å²) in [5, 5.41) is 7.26. The van der Waals surface area contributed by atoms with Gasteiger partial charge < -0.3 is 5.32 Å². The number of aromatic nitrogens is 2. The van der Waals surface area contributed by atoms with Crippen LogP contribution >= 0.6 is 0 Å². The number of nitrogens with zero attached hydrogens (tertiary/aromatic N) is 2. The summed E-state index contributed by atoms with van der Waals surface area (Å²) < 4.78 is 1.79. The van der Waals surface area contributed by atoms with E-state index >= 15 is 0 Å². The maximum atomic E-state index is 11.7.